The van der Waals surface area contributed by atoms with Crippen molar-refractivity contribution in [1.29, 1.82) is 0 Å². The standard InChI is InChI=1S/C24H28N4O5S/c1-16(2)21(28-23(30)19-9-4-5-10-20(19)24(28)31)22(29)25-17-7-6-8-18(15-17)34(32,33)27-13-11-26(3)12-14-27/h4-10,15-16,21H,11-14H2,1-3H3,(H,25,29). The van der Waals surface area contributed by atoms with E-state index in [0.717, 1.165) is 4.90 Å². The molecule has 0 aliphatic carbocycles. The van der Waals surface area contributed by atoms with E-state index in [-0.39, 0.29) is 27.6 Å². The maximum Gasteiger partial charge on any atom is 0.262 e. The highest BCUT2D eigenvalue weighted by molar-refractivity contribution is 7.89. The first kappa shape index (κ1) is 24.1. The lowest BCUT2D eigenvalue weighted by atomic mass is 10.0. The molecule has 9 nitrogen and oxygen atoms in total. The second-order valence-electron chi connectivity index (χ2n) is 8.94. The number of amides is 3. The number of imide groups is 1. The number of fused-ring (bicyclic) bond motifs is 1. The minimum Gasteiger partial charge on any atom is -0.324 e. The van der Waals surface area contributed by atoms with Gasteiger partial charge in [0.2, 0.25) is 15.9 Å². The molecular weight excluding hydrogens is 456 g/mol. The summed E-state index contributed by atoms with van der Waals surface area (Å²) < 4.78 is 27.6. The summed E-state index contributed by atoms with van der Waals surface area (Å²) in [5.74, 6) is -1.94. The Morgan fingerprint density at radius 1 is 0.912 bits per heavy atom. The number of nitrogens with zero attached hydrogens (tertiary/aromatic N) is 3. The number of likely N-dealkylation sites (N-methyl/N-ethyl adjacent to an activating group) is 1. The molecule has 0 bridgehead atoms. The monoisotopic (exact) mass is 484 g/mol. The summed E-state index contributed by atoms with van der Waals surface area (Å²) in [5.41, 5.74) is 0.819. The number of piperazine rings is 1. The SMILES string of the molecule is CC(C)C(C(=O)Nc1cccc(S(=O)(=O)N2CCN(C)CC2)c1)N1C(=O)c2ccccc2C1=O. The lowest BCUT2D eigenvalue weighted by Crippen LogP contribution is -2.50. The maximum atomic E-state index is 13.3. The molecule has 10 heteroatoms. The molecule has 0 aromatic heterocycles. The van der Waals surface area contributed by atoms with Crippen molar-refractivity contribution in [3.63, 3.8) is 0 Å². The van der Waals surface area contributed by atoms with E-state index < -0.39 is 33.8 Å². The number of nitrogens with one attached hydrogen (secondary N) is 1. The van der Waals surface area contributed by atoms with Crippen molar-refractivity contribution in [3.8, 4) is 0 Å². The molecular formula is C24H28N4O5S. The van der Waals surface area contributed by atoms with Gasteiger partial charge in [0.1, 0.15) is 6.04 Å². The van der Waals surface area contributed by atoms with E-state index in [4.69, 9.17) is 0 Å². The van der Waals surface area contributed by atoms with Crippen molar-refractivity contribution in [2.75, 3.05) is 38.5 Å². The van der Waals surface area contributed by atoms with Crippen LogP contribution in [-0.4, -0.2) is 79.5 Å². The number of hydrogen-bond donors (Lipinski definition) is 1. The smallest absolute Gasteiger partial charge is 0.262 e. The van der Waals surface area contributed by atoms with Crippen LogP contribution in [0.1, 0.15) is 34.6 Å². The van der Waals surface area contributed by atoms with Gasteiger partial charge < -0.3 is 10.2 Å². The van der Waals surface area contributed by atoms with Gasteiger partial charge >= 0.3 is 0 Å². The van der Waals surface area contributed by atoms with Crippen LogP contribution in [0, 0.1) is 5.92 Å². The number of sulfonamides is 1. The van der Waals surface area contributed by atoms with Crippen molar-refractivity contribution in [2.45, 2.75) is 24.8 Å². The van der Waals surface area contributed by atoms with Gasteiger partial charge in [0.25, 0.3) is 11.8 Å². The molecule has 3 amide bonds. The number of carbonyl (C=O) groups is 3. The number of carbonyl (C=O) groups excluding carboxylic acids is 3. The third-order valence-corrected chi connectivity index (χ3v) is 8.10. The predicted octanol–water partition coefficient (Wildman–Crippen LogP) is 1.88. The van der Waals surface area contributed by atoms with Crippen LogP contribution in [0.4, 0.5) is 5.69 Å². The first-order chi connectivity index (χ1) is 16.1. The van der Waals surface area contributed by atoms with Gasteiger partial charge in [-0.15, -0.1) is 0 Å². The predicted molar refractivity (Wildman–Crippen MR) is 127 cm³/mol. The highest BCUT2D eigenvalue weighted by Crippen LogP contribution is 2.28. The van der Waals surface area contributed by atoms with E-state index >= 15 is 0 Å². The number of rotatable bonds is 6. The van der Waals surface area contributed by atoms with Crippen LogP contribution in [0.2, 0.25) is 0 Å². The molecule has 1 atom stereocenters. The fourth-order valence-electron chi connectivity index (χ4n) is 4.31. The summed E-state index contributed by atoms with van der Waals surface area (Å²) in [7, 11) is -1.77. The number of benzene rings is 2. The lowest BCUT2D eigenvalue weighted by molar-refractivity contribution is -0.121. The normalized spacial score (nSPS) is 18.3. The second kappa shape index (κ2) is 9.28. The van der Waals surface area contributed by atoms with Crippen LogP contribution in [-0.2, 0) is 14.8 Å². The average Bonchev–Trinajstić information content (AvgIpc) is 3.05. The van der Waals surface area contributed by atoms with Gasteiger partial charge in [0.15, 0.2) is 0 Å². The Bertz CT molecular complexity index is 1200. The Balaban J connectivity index is 1.56. The van der Waals surface area contributed by atoms with E-state index in [0.29, 0.717) is 26.2 Å². The zero-order chi connectivity index (χ0) is 24.6. The van der Waals surface area contributed by atoms with Gasteiger partial charge in [-0.25, -0.2) is 8.42 Å². The summed E-state index contributed by atoms with van der Waals surface area (Å²) in [6.45, 7) is 5.58. The van der Waals surface area contributed by atoms with Gasteiger partial charge in [0.05, 0.1) is 16.0 Å². The van der Waals surface area contributed by atoms with Gasteiger partial charge in [-0.3, -0.25) is 19.3 Å². The van der Waals surface area contributed by atoms with Crippen LogP contribution in [0.15, 0.2) is 53.4 Å². The first-order valence-electron chi connectivity index (χ1n) is 11.2. The van der Waals surface area contributed by atoms with E-state index in [1.165, 1.54) is 16.4 Å². The molecule has 0 radical (unpaired) electrons. The zero-order valence-corrected chi connectivity index (χ0v) is 20.2. The van der Waals surface area contributed by atoms with Crippen LogP contribution < -0.4 is 5.32 Å². The number of hydrogen-bond acceptors (Lipinski definition) is 6. The fraction of sp³-hybridized carbons (Fsp3) is 0.375. The molecule has 2 heterocycles. The summed E-state index contributed by atoms with van der Waals surface area (Å²) in [6.07, 6.45) is 0. The van der Waals surface area contributed by atoms with Crippen molar-refractivity contribution in [2.24, 2.45) is 5.92 Å². The van der Waals surface area contributed by atoms with Crippen molar-refractivity contribution >= 4 is 33.4 Å². The molecule has 1 saturated heterocycles. The molecule has 0 saturated carbocycles. The molecule has 4 rings (SSSR count). The van der Waals surface area contributed by atoms with Crippen LogP contribution in [0.25, 0.3) is 0 Å². The molecule has 180 valence electrons. The molecule has 2 aromatic rings. The molecule has 2 aliphatic rings. The molecule has 2 aromatic carbocycles. The highest BCUT2D eigenvalue weighted by atomic mass is 32.2. The van der Waals surface area contributed by atoms with Gasteiger partial charge in [-0.05, 0) is 43.3 Å². The summed E-state index contributed by atoms with van der Waals surface area (Å²) in [6, 6.07) is 11.5. The van der Waals surface area contributed by atoms with Crippen LogP contribution >= 0.6 is 0 Å². The Hall–Kier alpha value is -3.08. The second-order valence-corrected chi connectivity index (χ2v) is 10.9. The van der Waals surface area contributed by atoms with Crippen LogP contribution in [0.5, 0.6) is 0 Å². The zero-order valence-electron chi connectivity index (χ0n) is 19.4. The third kappa shape index (κ3) is 4.36. The summed E-state index contributed by atoms with van der Waals surface area (Å²) >= 11 is 0. The molecule has 1 unspecified atom stereocenters. The molecule has 0 spiro atoms. The average molecular weight is 485 g/mol. The Morgan fingerprint density at radius 3 is 2.06 bits per heavy atom. The van der Waals surface area contributed by atoms with Crippen molar-refractivity contribution < 1.29 is 22.8 Å². The van der Waals surface area contributed by atoms with E-state index in [1.54, 1.807) is 50.2 Å². The Morgan fingerprint density at radius 2 is 1.50 bits per heavy atom. The first-order valence-corrected chi connectivity index (χ1v) is 12.6. The maximum absolute atomic E-state index is 13.3. The molecule has 34 heavy (non-hydrogen) atoms. The minimum atomic E-state index is -3.71. The van der Waals surface area contributed by atoms with Crippen molar-refractivity contribution in [1.82, 2.24) is 14.1 Å². The van der Waals surface area contributed by atoms with E-state index in [9.17, 15) is 22.8 Å². The summed E-state index contributed by atoms with van der Waals surface area (Å²) in [4.78, 5) is 42.3. The van der Waals surface area contributed by atoms with E-state index in [1.807, 2.05) is 7.05 Å². The fourth-order valence-corrected chi connectivity index (χ4v) is 5.78. The lowest BCUT2D eigenvalue weighted by Gasteiger charge is -2.31. The summed E-state index contributed by atoms with van der Waals surface area (Å²) in [5, 5.41) is 2.71. The molecule has 1 fully saturated rings. The Kier molecular flexibility index (Phi) is 6.57. The van der Waals surface area contributed by atoms with Gasteiger partial charge in [-0.1, -0.05) is 32.0 Å². The third-order valence-electron chi connectivity index (χ3n) is 6.21. The quantitative estimate of drug-likeness (QED) is 0.628. The Labute approximate surface area is 199 Å². The van der Waals surface area contributed by atoms with E-state index in [2.05, 4.69) is 10.2 Å². The molecule has 1 N–H and O–H groups in total. The topological polar surface area (TPSA) is 107 Å². The van der Waals surface area contributed by atoms with Gasteiger partial charge in [-0.2, -0.15) is 4.31 Å². The molecule has 2 aliphatic heterocycles. The van der Waals surface area contributed by atoms with Crippen LogP contribution in [0.3, 0.4) is 0 Å². The highest BCUT2D eigenvalue weighted by Gasteiger charge is 2.44. The minimum absolute atomic E-state index is 0.0803. The van der Waals surface area contributed by atoms with Crippen molar-refractivity contribution in [3.05, 3.63) is 59.7 Å². The van der Waals surface area contributed by atoms with Gasteiger partial charge in [0, 0.05) is 31.9 Å². The largest absolute Gasteiger partial charge is 0.324 e. The number of anilines is 1.